The lowest BCUT2D eigenvalue weighted by Crippen LogP contribution is -2.60. The van der Waals surface area contributed by atoms with Crippen molar-refractivity contribution in [2.24, 2.45) is 5.92 Å². The van der Waals surface area contributed by atoms with E-state index in [4.69, 9.17) is 18.9 Å². The van der Waals surface area contributed by atoms with Gasteiger partial charge in [-0.15, -0.1) is 0 Å². The summed E-state index contributed by atoms with van der Waals surface area (Å²) >= 11 is 0. The maximum absolute atomic E-state index is 12.1. The molecule has 2 rings (SSSR count). The van der Waals surface area contributed by atoms with Gasteiger partial charge in [0.05, 0.1) is 45.7 Å². The predicted octanol–water partition coefficient (Wildman–Crippen LogP) is -2.69. The van der Waals surface area contributed by atoms with Crippen LogP contribution in [0.2, 0.25) is 0 Å². The molecular weight excluding hydrogens is 408 g/mol. The van der Waals surface area contributed by atoms with E-state index in [-0.39, 0.29) is 17.6 Å². The monoisotopic (exact) mass is 434 g/mol. The van der Waals surface area contributed by atoms with Gasteiger partial charge in [-0.25, -0.2) is 4.79 Å². The van der Waals surface area contributed by atoms with Gasteiger partial charge in [-0.05, 0) is 0 Å². The Balaban J connectivity index is 2.32. The SMILES string of the molecule is COC(=O)CC1C(C(=O)OC)=COC(OC2OC(CO)C(O)C(O)C2O)/C1=C\CO. The van der Waals surface area contributed by atoms with Crippen molar-refractivity contribution in [2.75, 3.05) is 27.4 Å². The Hall–Kier alpha value is -2.06. The minimum atomic E-state index is -1.70. The molecule has 7 atom stereocenters. The smallest absolute Gasteiger partial charge is 0.337 e. The van der Waals surface area contributed by atoms with Gasteiger partial charge in [-0.1, -0.05) is 6.08 Å². The minimum Gasteiger partial charge on any atom is -0.469 e. The number of carbonyl (C=O) groups is 2. The van der Waals surface area contributed by atoms with Crippen molar-refractivity contribution < 1.29 is 58.8 Å². The van der Waals surface area contributed by atoms with Crippen LogP contribution in [0.4, 0.5) is 0 Å². The Morgan fingerprint density at radius 1 is 1.10 bits per heavy atom. The normalized spacial score (nSPS) is 35.4. The Kier molecular flexibility index (Phi) is 8.73. The van der Waals surface area contributed by atoms with Gasteiger partial charge >= 0.3 is 11.9 Å². The van der Waals surface area contributed by atoms with Crippen LogP contribution in [0.15, 0.2) is 23.5 Å². The fourth-order valence-electron chi connectivity index (χ4n) is 3.18. The summed E-state index contributed by atoms with van der Waals surface area (Å²) in [4.78, 5) is 24.0. The molecule has 7 unspecified atom stereocenters. The van der Waals surface area contributed by atoms with Crippen molar-refractivity contribution in [3.63, 3.8) is 0 Å². The molecule has 0 saturated carbocycles. The van der Waals surface area contributed by atoms with Crippen LogP contribution in [0.25, 0.3) is 0 Å². The average Bonchev–Trinajstić information content (AvgIpc) is 2.75. The van der Waals surface area contributed by atoms with Gasteiger partial charge in [0.2, 0.25) is 6.29 Å². The number of aliphatic hydroxyl groups is 5. The Morgan fingerprint density at radius 2 is 1.80 bits per heavy atom. The molecule has 0 bridgehead atoms. The second kappa shape index (κ2) is 10.8. The van der Waals surface area contributed by atoms with Crippen molar-refractivity contribution in [1.29, 1.82) is 0 Å². The molecule has 0 aromatic heterocycles. The van der Waals surface area contributed by atoms with Gasteiger partial charge in [0, 0.05) is 11.5 Å². The lowest BCUT2D eigenvalue weighted by molar-refractivity contribution is -0.327. The van der Waals surface area contributed by atoms with Crippen LogP contribution in [0, 0.1) is 5.92 Å². The van der Waals surface area contributed by atoms with Crippen LogP contribution in [-0.2, 0) is 33.3 Å². The van der Waals surface area contributed by atoms with Crippen LogP contribution in [0.3, 0.4) is 0 Å². The van der Waals surface area contributed by atoms with Gasteiger partial charge in [0.1, 0.15) is 24.4 Å². The minimum absolute atomic E-state index is 0.0312. The summed E-state index contributed by atoms with van der Waals surface area (Å²) in [6.07, 6.45) is -7.10. The van der Waals surface area contributed by atoms with Gasteiger partial charge in [-0.2, -0.15) is 0 Å². The predicted molar refractivity (Wildman–Crippen MR) is 95.1 cm³/mol. The highest BCUT2D eigenvalue weighted by Gasteiger charge is 2.46. The second-order valence-electron chi connectivity index (χ2n) is 6.59. The number of methoxy groups -OCH3 is 2. The van der Waals surface area contributed by atoms with Crippen molar-refractivity contribution in [2.45, 2.75) is 43.4 Å². The van der Waals surface area contributed by atoms with Crippen LogP contribution in [-0.4, -0.2) is 102 Å². The van der Waals surface area contributed by atoms with E-state index in [1.165, 1.54) is 13.2 Å². The fourth-order valence-corrected chi connectivity index (χ4v) is 3.18. The van der Waals surface area contributed by atoms with E-state index >= 15 is 0 Å². The maximum atomic E-state index is 12.1. The number of hydrogen-bond donors (Lipinski definition) is 5. The quantitative estimate of drug-likeness (QED) is 0.207. The van der Waals surface area contributed by atoms with Crippen molar-refractivity contribution in [3.8, 4) is 0 Å². The molecular formula is C18H26O12. The molecule has 1 fully saturated rings. The summed E-state index contributed by atoms with van der Waals surface area (Å²) in [6.45, 7) is -1.16. The van der Waals surface area contributed by atoms with E-state index in [1.54, 1.807) is 0 Å². The van der Waals surface area contributed by atoms with E-state index in [0.717, 1.165) is 13.4 Å². The first-order valence-electron chi connectivity index (χ1n) is 9.06. The van der Waals surface area contributed by atoms with Gasteiger partial charge in [-0.3, -0.25) is 4.79 Å². The first-order valence-corrected chi connectivity index (χ1v) is 9.06. The molecule has 0 spiro atoms. The van der Waals surface area contributed by atoms with Crippen LogP contribution < -0.4 is 0 Å². The summed E-state index contributed by atoms with van der Waals surface area (Å²) in [5.41, 5.74) is 0.110. The Morgan fingerprint density at radius 3 is 2.37 bits per heavy atom. The molecule has 30 heavy (non-hydrogen) atoms. The molecule has 0 radical (unpaired) electrons. The lowest BCUT2D eigenvalue weighted by atomic mass is 9.86. The fraction of sp³-hybridized carbons (Fsp3) is 0.667. The molecule has 170 valence electrons. The molecule has 0 aliphatic carbocycles. The van der Waals surface area contributed by atoms with E-state index < -0.39 is 68.1 Å². The molecule has 1 saturated heterocycles. The highest BCUT2D eigenvalue weighted by atomic mass is 16.8. The second-order valence-corrected chi connectivity index (χ2v) is 6.59. The number of hydrogen-bond acceptors (Lipinski definition) is 12. The van der Waals surface area contributed by atoms with E-state index in [9.17, 15) is 35.1 Å². The number of esters is 2. The summed E-state index contributed by atoms with van der Waals surface area (Å²) < 4.78 is 25.6. The average molecular weight is 434 g/mol. The number of rotatable bonds is 7. The number of ether oxygens (including phenoxy) is 5. The molecule has 12 nitrogen and oxygen atoms in total. The highest BCUT2D eigenvalue weighted by Crippen LogP contribution is 2.36. The molecule has 5 N–H and O–H groups in total. The zero-order chi connectivity index (χ0) is 22.4. The van der Waals surface area contributed by atoms with Crippen LogP contribution in [0.1, 0.15) is 6.42 Å². The molecule has 2 aliphatic heterocycles. The summed E-state index contributed by atoms with van der Waals surface area (Å²) in [5, 5.41) is 48.7. The topological polar surface area (TPSA) is 181 Å². The molecule has 0 aromatic carbocycles. The van der Waals surface area contributed by atoms with Gasteiger partial charge in [0.15, 0.2) is 6.29 Å². The zero-order valence-corrected chi connectivity index (χ0v) is 16.4. The highest BCUT2D eigenvalue weighted by molar-refractivity contribution is 5.90. The summed E-state index contributed by atoms with van der Waals surface area (Å²) in [5.74, 6) is -2.38. The first kappa shape index (κ1) is 24.2. The number of carbonyl (C=O) groups excluding carboxylic acids is 2. The lowest BCUT2D eigenvalue weighted by Gasteiger charge is -2.41. The third-order valence-electron chi connectivity index (χ3n) is 4.82. The van der Waals surface area contributed by atoms with Crippen LogP contribution >= 0.6 is 0 Å². The maximum Gasteiger partial charge on any atom is 0.337 e. The summed E-state index contributed by atoms with van der Waals surface area (Å²) in [6, 6.07) is 0. The molecule has 12 heteroatoms. The van der Waals surface area contributed by atoms with E-state index in [1.807, 2.05) is 0 Å². The molecule has 2 aliphatic rings. The number of aliphatic hydroxyl groups excluding tert-OH is 5. The Bertz CT molecular complexity index is 672. The third kappa shape index (κ3) is 5.16. The molecule has 2 heterocycles. The van der Waals surface area contributed by atoms with Crippen molar-refractivity contribution in [1.82, 2.24) is 0 Å². The Labute approximate surface area is 171 Å². The van der Waals surface area contributed by atoms with E-state index in [2.05, 4.69) is 4.74 Å². The van der Waals surface area contributed by atoms with Gasteiger partial charge < -0.3 is 49.2 Å². The standard InChI is InChI=1S/C18H26O12/c1-26-12(21)5-9-8(3-4-19)17(28-7-10(9)16(25)27-2)30-18-15(24)14(23)13(22)11(6-20)29-18/h3,7,9,11,13-15,17-20,22-24H,4-6H2,1-2H3/b8-3-. The summed E-state index contributed by atoms with van der Waals surface area (Å²) in [7, 11) is 2.31. The first-order chi connectivity index (χ1) is 14.3. The van der Waals surface area contributed by atoms with Gasteiger partial charge in [0.25, 0.3) is 0 Å². The van der Waals surface area contributed by atoms with E-state index in [0.29, 0.717) is 0 Å². The van der Waals surface area contributed by atoms with Crippen molar-refractivity contribution >= 4 is 11.9 Å². The zero-order valence-electron chi connectivity index (χ0n) is 16.4. The largest absolute Gasteiger partial charge is 0.469 e. The molecule has 0 amide bonds. The molecule has 0 aromatic rings. The van der Waals surface area contributed by atoms with Crippen molar-refractivity contribution in [3.05, 3.63) is 23.5 Å². The third-order valence-corrected chi connectivity index (χ3v) is 4.82. The van der Waals surface area contributed by atoms with Crippen LogP contribution in [0.5, 0.6) is 0 Å².